The van der Waals surface area contributed by atoms with Gasteiger partial charge in [-0.2, -0.15) is 0 Å². The maximum atomic E-state index is 10.7. The number of hydrogen-bond donors (Lipinski definition) is 3. The smallest absolute Gasteiger partial charge is 0.339 e. The summed E-state index contributed by atoms with van der Waals surface area (Å²) in [5.74, 6) is -1.29. The molecule has 1 aromatic carbocycles. The Morgan fingerprint density at radius 3 is 2.79 bits per heavy atom. The van der Waals surface area contributed by atoms with E-state index in [1.807, 2.05) is 7.05 Å². The molecule has 0 atom stereocenters. The Morgan fingerprint density at radius 2 is 2.21 bits per heavy atom. The molecule has 4 heteroatoms. The van der Waals surface area contributed by atoms with Crippen molar-refractivity contribution in [2.24, 2.45) is 0 Å². The van der Waals surface area contributed by atoms with E-state index in [4.69, 9.17) is 5.11 Å². The van der Waals surface area contributed by atoms with E-state index < -0.39 is 5.97 Å². The molecule has 0 aliphatic carbocycles. The first-order chi connectivity index (χ1) is 6.65. The maximum Gasteiger partial charge on any atom is 0.339 e. The maximum absolute atomic E-state index is 10.7. The molecule has 1 rings (SSSR count). The van der Waals surface area contributed by atoms with Gasteiger partial charge in [0.25, 0.3) is 0 Å². The summed E-state index contributed by atoms with van der Waals surface area (Å²) in [6, 6.07) is 4.63. The molecule has 3 N–H and O–H groups in total. The summed E-state index contributed by atoms with van der Waals surface area (Å²) >= 11 is 0. The molecular weight excluding hydrogens is 182 g/mol. The third kappa shape index (κ3) is 2.47. The monoisotopic (exact) mass is 195 g/mol. The molecule has 0 heterocycles. The van der Waals surface area contributed by atoms with Gasteiger partial charge in [-0.1, -0.05) is 6.07 Å². The normalized spacial score (nSPS) is 10.1. The Bertz CT molecular complexity index is 336. The van der Waals surface area contributed by atoms with Crippen molar-refractivity contribution >= 4 is 5.97 Å². The first-order valence-electron chi connectivity index (χ1n) is 4.35. The van der Waals surface area contributed by atoms with Crippen molar-refractivity contribution in [1.29, 1.82) is 0 Å². The second-order valence-electron chi connectivity index (χ2n) is 3.01. The molecule has 1 aromatic rings. The van der Waals surface area contributed by atoms with Gasteiger partial charge in [0.05, 0.1) is 0 Å². The second-order valence-corrected chi connectivity index (χ2v) is 3.01. The molecular formula is C10H13NO3. The van der Waals surface area contributed by atoms with Crippen LogP contribution < -0.4 is 5.32 Å². The molecule has 76 valence electrons. The number of rotatable bonds is 4. The van der Waals surface area contributed by atoms with Crippen LogP contribution in [0.2, 0.25) is 0 Å². The predicted molar refractivity (Wildman–Crippen MR) is 52.7 cm³/mol. The van der Waals surface area contributed by atoms with Gasteiger partial charge in [0.2, 0.25) is 0 Å². The zero-order valence-corrected chi connectivity index (χ0v) is 7.95. The van der Waals surface area contributed by atoms with Crippen LogP contribution in [0.15, 0.2) is 18.2 Å². The molecule has 0 saturated heterocycles. The summed E-state index contributed by atoms with van der Waals surface area (Å²) in [7, 11) is 1.83. The quantitative estimate of drug-likeness (QED) is 0.666. The minimum absolute atomic E-state index is 0.0430. The SMILES string of the molecule is CNCCc1ccc(O)c(C(=O)O)c1. The number of aromatic hydroxyl groups is 1. The van der Waals surface area contributed by atoms with Crippen molar-refractivity contribution in [2.45, 2.75) is 6.42 Å². The molecule has 0 amide bonds. The summed E-state index contributed by atoms with van der Waals surface area (Å²) in [5.41, 5.74) is 0.855. The zero-order chi connectivity index (χ0) is 10.6. The highest BCUT2D eigenvalue weighted by Gasteiger charge is 2.09. The van der Waals surface area contributed by atoms with Gasteiger partial charge in [-0.15, -0.1) is 0 Å². The van der Waals surface area contributed by atoms with Crippen LogP contribution >= 0.6 is 0 Å². The Hall–Kier alpha value is -1.55. The predicted octanol–water partition coefficient (Wildman–Crippen LogP) is 0.852. The fourth-order valence-corrected chi connectivity index (χ4v) is 1.18. The van der Waals surface area contributed by atoms with E-state index in [2.05, 4.69) is 5.32 Å². The van der Waals surface area contributed by atoms with E-state index in [-0.39, 0.29) is 11.3 Å². The van der Waals surface area contributed by atoms with Crippen molar-refractivity contribution in [3.05, 3.63) is 29.3 Å². The molecule has 0 bridgehead atoms. The van der Waals surface area contributed by atoms with Crippen molar-refractivity contribution in [3.8, 4) is 5.75 Å². The summed E-state index contributed by atoms with van der Waals surface area (Å²) < 4.78 is 0. The minimum atomic E-state index is -1.10. The number of aromatic carboxylic acids is 1. The number of nitrogens with one attached hydrogen (secondary N) is 1. The molecule has 0 unspecified atom stereocenters. The van der Waals surface area contributed by atoms with Crippen LogP contribution in [0.4, 0.5) is 0 Å². The van der Waals surface area contributed by atoms with Gasteiger partial charge in [0.15, 0.2) is 0 Å². The highest BCUT2D eigenvalue weighted by Crippen LogP contribution is 2.18. The van der Waals surface area contributed by atoms with Gasteiger partial charge in [0, 0.05) is 0 Å². The Labute approximate surface area is 82.2 Å². The van der Waals surface area contributed by atoms with E-state index >= 15 is 0 Å². The van der Waals surface area contributed by atoms with Gasteiger partial charge in [-0.05, 0) is 37.7 Å². The molecule has 0 aliphatic rings. The largest absolute Gasteiger partial charge is 0.507 e. The standard InChI is InChI=1S/C10H13NO3/c1-11-5-4-7-2-3-9(12)8(6-7)10(13)14/h2-3,6,11-12H,4-5H2,1H3,(H,13,14). The fourth-order valence-electron chi connectivity index (χ4n) is 1.18. The van der Waals surface area contributed by atoms with Crippen LogP contribution in [0.25, 0.3) is 0 Å². The number of hydrogen-bond acceptors (Lipinski definition) is 3. The van der Waals surface area contributed by atoms with Gasteiger partial charge in [-0.25, -0.2) is 4.79 Å². The van der Waals surface area contributed by atoms with Crippen molar-refractivity contribution in [1.82, 2.24) is 5.32 Å². The van der Waals surface area contributed by atoms with E-state index in [1.54, 1.807) is 6.07 Å². The Kier molecular flexibility index (Phi) is 3.48. The fraction of sp³-hybridized carbons (Fsp3) is 0.300. The molecule has 14 heavy (non-hydrogen) atoms. The van der Waals surface area contributed by atoms with Crippen LogP contribution in [-0.4, -0.2) is 29.8 Å². The lowest BCUT2D eigenvalue weighted by atomic mass is 10.1. The summed E-state index contributed by atoms with van der Waals surface area (Å²) in [6.45, 7) is 0.782. The highest BCUT2D eigenvalue weighted by atomic mass is 16.4. The number of carbonyl (C=O) groups is 1. The second kappa shape index (κ2) is 4.62. The summed E-state index contributed by atoms with van der Waals surface area (Å²) in [5, 5.41) is 20.9. The van der Waals surface area contributed by atoms with Crippen LogP contribution in [-0.2, 0) is 6.42 Å². The Balaban J connectivity index is 2.89. The van der Waals surface area contributed by atoms with Gasteiger partial charge >= 0.3 is 5.97 Å². The highest BCUT2D eigenvalue weighted by molar-refractivity contribution is 5.90. The van der Waals surface area contributed by atoms with Crippen LogP contribution in [0.3, 0.4) is 0 Å². The lowest BCUT2D eigenvalue weighted by molar-refractivity contribution is 0.0693. The van der Waals surface area contributed by atoms with Crippen molar-refractivity contribution in [2.75, 3.05) is 13.6 Å². The van der Waals surface area contributed by atoms with Gasteiger partial charge in [0.1, 0.15) is 11.3 Å². The van der Waals surface area contributed by atoms with E-state index in [0.29, 0.717) is 0 Å². The first kappa shape index (κ1) is 10.5. The lowest BCUT2D eigenvalue weighted by Crippen LogP contribution is -2.10. The number of carboxylic acid groups (broad SMARTS) is 1. The lowest BCUT2D eigenvalue weighted by Gasteiger charge is -2.04. The number of likely N-dealkylation sites (N-methyl/N-ethyl adjacent to an activating group) is 1. The molecule has 0 aromatic heterocycles. The average molecular weight is 195 g/mol. The van der Waals surface area contributed by atoms with Crippen molar-refractivity contribution in [3.63, 3.8) is 0 Å². The van der Waals surface area contributed by atoms with E-state index in [0.717, 1.165) is 18.5 Å². The number of carboxylic acids is 1. The Morgan fingerprint density at radius 1 is 1.50 bits per heavy atom. The topological polar surface area (TPSA) is 69.6 Å². The average Bonchev–Trinajstić information content (AvgIpc) is 2.16. The van der Waals surface area contributed by atoms with Crippen LogP contribution in [0.1, 0.15) is 15.9 Å². The molecule has 0 fully saturated rings. The molecule has 0 spiro atoms. The zero-order valence-electron chi connectivity index (χ0n) is 7.95. The summed E-state index contributed by atoms with van der Waals surface area (Å²) in [4.78, 5) is 10.7. The summed E-state index contributed by atoms with van der Waals surface area (Å²) in [6.07, 6.45) is 0.747. The molecule has 0 radical (unpaired) electrons. The van der Waals surface area contributed by atoms with Crippen LogP contribution in [0.5, 0.6) is 5.75 Å². The molecule has 0 saturated carbocycles. The molecule has 0 aliphatic heterocycles. The minimum Gasteiger partial charge on any atom is -0.507 e. The van der Waals surface area contributed by atoms with Crippen LogP contribution in [0, 0.1) is 0 Å². The first-order valence-corrected chi connectivity index (χ1v) is 4.35. The third-order valence-electron chi connectivity index (χ3n) is 1.96. The number of benzene rings is 1. The van der Waals surface area contributed by atoms with Gasteiger partial charge in [-0.3, -0.25) is 0 Å². The van der Waals surface area contributed by atoms with E-state index in [1.165, 1.54) is 12.1 Å². The van der Waals surface area contributed by atoms with Crippen molar-refractivity contribution < 1.29 is 15.0 Å². The number of phenols is 1. The van der Waals surface area contributed by atoms with E-state index in [9.17, 15) is 9.90 Å². The molecule has 4 nitrogen and oxygen atoms in total. The third-order valence-corrected chi connectivity index (χ3v) is 1.96. The van der Waals surface area contributed by atoms with Gasteiger partial charge < -0.3 is 15.5 Å².